The Morgan fingerprint density at radius 1 is 0.818 bits per heavy atom. The predicted octanol–water partition coefficient (Wildman–Crippen LogP) is 2.58. The van der Waals surface area contributed by atoms with Crippen molar-refractivity contribution in [3.8, 4) is 11.5 Å². The van der Waals surface area contributed by atoms with Crippen LogP contribution in [0.15, 0.2) is 18.2 Å². The van der Waals surface area contributed by atoms with E-state index in [1.165, 1.54) is 0 Å². The summed E-state index contributed by atoms with van der Waals surface area (Å²) in [6.45, 7) is 1.49. The molecule has 0 aliphatic heterocycles. The van der Waals surface area contributed by atoms with Crippen LogP contribution in [0.3, 0.4) is 0 Å². The van der Waals surface area contributed by atoms with Gasteiger partial charge in [-0.2, -0.15) is 0 Å². The molecule has 22 heavy (non-hydrogen) atoms. The number of unbranched alkanes of at least 4 members (excludes halogenated alkanes) is 4. The number of aliphatic hydroxyl groups excluding tert-OH is 2. The highest BCUT2D eigenvalue weighted by Gasteiger charge is 2.07. The molecule has 0 fully saturated rings. The van der Waals surface area contributed by atoms with Crippen LogP contribution in [0.25, 0.3) is 0 Å². The van der Waals surface area contributed by atoms with E-state index in [1.807, 2.05) is 0 Å². The number of aliphatic hydroxyl groups is 2. The summed E-state index contributed by atoms with van der Waals surface area (Å²) in [6, 6.07) is 5.13. The molecule has 0 bridgehead atoms. The summed E-state index contributed by atoms with van der Waals surface area (Å²) < 4.78 is 11.4. The molecule has 5 heteroatoms. The molecule has 0 unspecified atom stereocenters. The van der Waals surface area contributed by atoms with E-state index >= 15 is 0 Å². The Hall–Kier alpha value is -1.59. The van der Waals surface area contributed by atoms with Crippen molar-refractivity contribution in [2.24, 2.45) is 0 Å². The van der Waals surface area contributed by atoms with E-state index in [2.05, 4.69) is 0 Å². The average Bonchev–Trinajstić information content (AvgIpc) is 2.55. The smallest absolute Gasteiger partial charge is 0.161 e. The molecule has 0 aliphatic carbocycles. The molecule has 1 aromatic rings. The van der Waals surface area contributed by atoms with Gasteiger partial charge in [0.05, 0.1) is 13.2 Å². The van der Waals surface area contributed by atoms with Gasteiger partial charge in [-0.25, -0.2) is 0 Å². The monoisotopic (exact) mass is 310 g/mol. The second-order valence-corrected chi connectivity index (χ2v) is 5.09. The topological polar surface area (TPSA) is 76.0 Å². The van der Waals surface area contributed by atoms with Crippen molar-refractivity contribution in [2.45, 2.75) is 38.5 Å². The Kier molecular flexibility index (Phi) is 10.1. The predicted molar refractivity (Wildman–Crippen MR) is 84.7 cm³/mol. The molecule has 0 spiro atoms. The molecular formula is C17H26O5. The van der Waals surface area contributed by atoms with Gasteiger partial charge in [-0.05, 0) is 56.7 Å². The van der Waals surface area contributed by atoms with Gasteiger partial charge in [0.25, 0.3) is 0 Å². The summed E-state index contributed by atoms with van der Waals surface area (Å²) >= 11 is 0. The molecule has 0 aliphatic rings. The summed E-state index contributed by atoms with van der Waals surface area (Å²) in [7, 11) is 0. The number of hydrogen-bond acceptors (Lipinski definition) is 5. The zero-order valence-corrected chi connectivity index (χ0v) is 13.0. The van der Waals surface area contributed by atoms with Crippen LogP contribution in [-0.4, -0.2) is 42.9 Å². The van der Waals surface area contributed by atoms with Gasteiger partial charge >= 0.3 is 0 Å². The Balaban J connectivity index is 2.48. The van der Waals surface area contributed by atoms with Crippen molar-refractivity contribution < 1.29 is 24.5 Å². The molecule has 0 amide bonds. The van der Waals surface area contributed by atoms with E-state index in [0.717, 1.165) is 44.8 Å². The molecule has 2 N–H and O–H groups in total. The molecule has 124 valence electrons. The first-order chi connectivity index (χ1) is 10.8. The highest BCUT2D eigenvalue weighted by atomic mass is 16.5. The standard InChI is InChI=1S/C17H26O5/c18-9-3-1-5-11-21-16-8-7-15(14-20)13-17(16)22-12-6-2-4-10-19/h7-8,13-14,18-19H,1-6,9-12H2. The van der Waals surface area contributed by atoms with Crippen LogP contribution in [0, 0.1) is 0 Å². The third-order valence-corrected chi connectivity index (χ3v) is 3.22. The highest BCUT2D eigenvalue weighted by Crippen LogP contribution is 2.28. The number of benzene rings is 1. The lowest BCUT2D eigenvalue weighted by molar-refractivity contribution is 0.112. The van der Waals surface area contributed by atoms with Crippen LogP contribution in [0.4, 0.5) is 0 Å². The average molecular weight is 310 g/mol. The molecule has 5 nitrogen and oxygen atoms in total. The zero-order valence-electron chi connectivity index (χ0n) is 13.0. The second-order valence-electron chi connectivity index (χ2n) is 5.09. The van der Waals surface area contributed by atoms with Crippen LogP contribution < -0.4 is 9.47 Å². The summed E-state index contributed by atoms with van der Waals surface area (Å²) in [5.41, 5.74) is 0.554. The lowest BCUT2D eigenvalue weighted by Crippen LogP contribution is -2.03. The van der Waals surface area contributed by atoms with E-state index in [9.17, 15) is 4.79 Å². The first-order valence-corrected chi connectivity index (χ1v) is 7.88. The molecular weight excluding hydrogens is 284 g/mol. The van der Waals surface area contributed by atoms with Gasteiger partial charge in [-0.3, -0.25) is 4.79 Å². The normalized spacial score (nSPS) is 10.5. The maximum Gasteiger partial charge on any atom is 0.161 e. The Morgan fingerprint density at radius 2 is 1.41 bits per heavy atom. The van der Waals surface area contributed by atoms with Crippen LogP contribution in [0.1, 0.15) is 48.9 Å². The lowest BCUT2D eigenvalue weighted by Gasteiger charge is -2.13. The Labute approximate surface area is 131 Å². The minimum Gasteiger partial charge on any atom is -0.490 e. The van der Waals surface area contributed by atoms with Gasteiger partial charge in [0.15, 0.2) is 11.5 Å². The largest absolute Gasteiger partial charge is 0.490 e. The summed E-state index contributed by atoms with van der Waals surface area (Å²) in [5.74, 6) is 1.22. The number of carbonyl (C=O) groups excluding carboxylic acids is 1. The maximum atomic E-state index is 10.9. The fourth-order valence-corrected chi connectivity index (χ4v) is 1.98. The van der Waals surface area contributed by atoms with E-state index in [4.69, 9.17) is 19.7 Å². The number of hydrogen-bond donors (Lipinski definition) is 2. The van der Waals surface area contributed by atoms with Gasteiger partial charge in [-0.15, -0.1) is 0 Å². The minimum absolute atomic E-state index is 0.197. The van der Waals surface area contributed by atoms with Crippen LogP contribution >= 0.6 is 0 Å². The number of rotatable bonds is 13. The van der Waals surface area contributed by atoms with Gasteiger partial charge < -0.3 is 19.7 Å². The molecule has 1 rings (SSSR count). The van der Waals surface area contributed by atoms with Crippen molar-refractivity contribution in [1.29, 1.82) is 0 Å². The van der Waals surface area contributed by atoms with Crippen molar-refractivity contribution in [2.75, 3.05) is 26.4 Å². The minimum atomic E-state index is 0.197. The SMILES string of the molecule is O=Cc1ccc(OCCCCCO)c(OCCCCCO)c1. The van der Waals surface area contributed by atoms with Gasteiger partial charge in [0, 0.05) is 18.8 Å². The highest BCUT2D eigenvalue weighted by molar-refractivity contribution is 5.76. The van der Waals surface area contributed by atoms with Crippen LogP contribution in [-0.2, 0) is 0 Å². The lowest BCUT2D eigenvalue weighted by atomic mass is 10.2. The van der Waals surface area contributed by atoms with Crippen molar-refractivity contribution >= 4 is 6.29 Å². The zero-order chi connectivity index (χ0) is 16.0. The van der Waals surface area contributed by atoms with Crippen molar-refractivity contribution in [3.05, 3.63) is 23.8 Å². The molecule has 0 aromatic heterocycles. The van der Waals surface area contributed by atoms with Crippen LogP contribution in [0.2, 0.25) is 0 Å². The third kappa shape index (κ3) is 7.43. The van der Waals surface area contributed by atoms with Gasteiger partial charge in [-0.1, -0.05) is 0 Å². The maximum absolute atomic E-state index is 10.9. The first-order valence-electron chi connectivity index (χ1n) is 7.88. The second kappa shape index (κ2) is 12.0. The first kappa shape index (κ1) is 18.5. The Bertz CT molecular complexity index is 420. The molecule has 1 aromatic carbocycles. The molecule has 0 saturated carbocycles. The van der Waals surface area contributed by atoms with Crippen molar-refractivity contribution in [3.63, 3.8) is 0 Å². The van der Waals surface area contributed by atoms with E-state index in [1.54, 1.807) is 18.2 Å². The van der Waals surface area contributed by atoms with Crippen LogP contribution in [0.5, 0.6) is 11.5 Å². The van der Waals surface area contributed by atoms with E-state index in [0.29, 0.717) is 30.3 Å². The van der Waals surface area contributed by atoms with Gasteiger partial charge in [0.1, 0.15) is 6.29 Å². The number of carbonyl (C=O) groups is 1. The molecule has 0 saturated heterocycles. The third-order valence-electron chi connectivity index (χ3n) is 3.22. The summed E-state index contributed by atoms with van der Waals surface area (Å²) in [4.78, 5) is 10.9. The summed E-state index contributed by atoms with van der Waals surface area (Å²) in [5, 5.41) is 17.5. The van der Waals surface area contributed by atoms with E-state index in [-0.39, 0.29) is 13.2 Å². The van der Waals surface area contributed by atoms with Gasteiger partial charge in [0.2, 0.25) is 0 Å². The number of ether oxygens (including phenoxy) is 2. The van der Waals surface area contributed by atoms with Crippen molar-refractivity contribution in [1.82, 2.24) is 0 Å². The molecule has 0 atom stereocenters. The Morgan fingerprint density at radius 3 is 1.95 bits per heavy atom. The quantitative estimate of drug-likeness (QED) is 0.432. The van der Waals surface area contributed by atoms with E-state index < -0.39 is 0 Å². The molecule has 0 heterocycles. The molecule has 0 radical (unpaired) electrons. The fourth-order valence-electron chi connectivity index (χ4n) is 1.98. The number of aldehydes is 1. The fraction of sp³-hybridized carbons (Fsp3) is 0.588. The summed E-state index contributed by atoms with van der Waals surface area (Å²) in [6.07, 6.45) is 5.87.